The average molecular weight is 245 g/mol. The Kier molecular flexibility index (Phi) is 5.13. The van der Waals surface area contributed by atoms with Crippen molar-refractivity contribution < 1.29 is 14.5 Å². The molecule has 0 saturated heterocycles. The molecule has 0 saturated carbocycles. The summed E-state index contributed by atoms with van der Waals surface area (Å²) in [5, 5.41) is 9.51. The van der Waals surface area contributed by atoms with Crippen molar-refractivity contribution >= 4 is 40.8 Å². The van der Waals surface area contributed by atoms with Crippen molar-refractivity contribution in [2.45, 2.75) is 3.79 Å². The molecule has 0 aliphatic carbocycles. The molecule has 1 aromatic rings. The van der Waals surface area contributed by atoms with Crippen LogP contribution in [0.5, 0.6) is 0 Å². The van der Waals surface area contributed by atoms with Gasteiger partial charge in [0.1, 0.15) is 12.4 Å². The summed E-state index contributed by atoms with van der Waals surface area (Å²) in [7, 11) is 1.97. The highest BCUT2D eigenvalue weighted by Crippen LogP contribution is 2.24. The number of aromatic nitrogens is 2. The van der Waals surface area contributed by atoms with Crippen LogP contribution in [0, 0.1) is 0 Å². The summed E-state index contributed by atoms with van der Waals surface area (Å²) in [6, 6.07) is 0. The molecule has 0 aromatic carbocycles. The van der Waals surface area contributed by atoms with Gasteiger partial charge in [0.2, 0.25) is 10.1 Å². The lowest BCUT2D eigenvalue weighted by atomic mass is 10.8. The minimum absolute atomic E-state index is 1.71. The number of carbonyl (C=O) groups is 1. The number of carbonyl (C=O) groups excluding carboxylic acids is 1. The Morgan fingerprint density at radius 2 is 2.00 bits per heavy atom. The van der Waals surface area contributed by atoms with Crippen LogP contribution in [0.25, 0.3) is 0 Å². The van der Waals surface area contributed by atoms with Crippen LogP contribution in [0.2, 0.25) is 0 Å². The van der Waals surface area contributed by atoms with Crippen LogP contribution in [0.3, 0.4) is 0 Å². The smallest absolute Gasteiger partial charge is 0.241 e. The highest BCUT2D eigenvalue weighted by atomic mass is 35.6. The van der Waals surface area contributed by atoms with Gasteiger partial charge in [0.05, 0.1) is 13.0 Å². The molecule has 0 spiro atoms. The van der Waals surface area contributed by atoms with E-state index in [0.29, 0.717) is 0 Å². The molecule has 1 rings (SSSR count). The maximum atomic E-state index is 9.51. The van der Waals surface area contributed by atoms with Crippen LogP contribution < -0.4 is 9.67 Å². The van der Waals surface area contributed by atoms with E-state index in [1.54, 1.807) is 0 Å². The first-order valence-corrected chi connectivity index (χ1v) is 4.23. The number of carboxylic acid groups (broad SMARTS) is 1. The van der Waals surface area contributed by atoms with E-state index in [1.807, 2.05) is 30.3 Å². The number of H-pyrrole nitrogens is 1. The molecule has 13 heavy (non-hydrogen) atoms. The van der Waals surface area contributed by atoms with Crippen LogP contribution in [0.4, 0.5) is 0 Å². The van der Waals surface area contributed by atoms with E-state index in [1.165, 1.54) is 0 Å². The number of aryl methyl sites for hydroxylation is 1. The van der Waals surface area contributed by atoms with Crippen molar-refractivity contribution in [1.82, 2.24) is 4.98 Å². The predicted molar refractivity (Wildman–Crippen MR) is 47.3 cm³/mol. The lowest BCUT2D eigenvalue weighted by molar-refractivity contribution is -0.670. The Morgan fingerprint density at radius 3 is 2.08 bits per heavy atom. The summed E-state index contributed by atoms with van der Waals surface area (Å²) in [6.45, 7) is 0. The summed E-state index contributed by atoms with van der Waals surface area (Å²) in [6.07, 6.45) is 5.69. The summed E-state index contributed by atoms with van der Waals surface area (Å²) in [4.78, 5) is 12.4. The quantitative estimate of drug-likeness (QED) is 0.514. The lowest BCUT2D eigenvalue weighted by Gasteiger charge is -2.09. The van der Waals surface area contributed by atoms with E-state index in [2.05, 4.69) is 4.98 Å². The second kappa shape index (κ2) is 5.32. The number of nitrogens with one attached hydrogen (secondary N) is 1. The third-order valence-electron chi connectivity index (χ3n) is 0.916. The summed E-state index contributed by atoms with van der Waals surface area (Å²) in [5.74, 6) is -1.71. The fraction of sp³-hybridized carbons (Fsp3) is 0.333. The first-order valence-electron chi connectivity index (χ1n) is 3.10. The van der Waals surface area contributed by atoms with Crippen molar-refractivity contribution in [2.75, 3.05) is 0 Å². The van der Waals surface area contributed by atoms with Gasteiger partial charge in [-0.05, 0) is 0 Å². The highest BCUT2D eigenvalue weighted by Gasteiger charge is 2.20. The number of aromatic amines is 1. The monoisotopic (exact) mass is 244 g/mol. The van der Waals surface area contributed by atoms with Gasteiger partial charge in [0.15, 0.2) is 0 Å². The van der Waals surface area contributed by atoms with E-state index >= 15 is 0 Å². The number of aliphatic carboxylic acids is 1. The van der Waals surface area contributed by atoms with Crippen molar-refractivity contribution in [3.8, 4) is 0 Å². The predicted octanol–water partition coefficient (Wildman–Crippen LogP) is -0.0543. The molecule has 1 aromatic heterocycles. The molecular weight excluding hydrogens is 238 g/mol. The highest BCUT2D eigenvalue weighted by molar-refractivity contribution is 6.75. The van der Waals surface area contributed by atoms with Gasteiger partial charge in [-0.15, -0.1) is 0 Å². The SMILES string of the molecule is C[n+]1cc[nH]c1.O=C([O-])C(Cl)(Cl)Cl. The van der Waals surface area contributed by atoms with Crippen molar-refractivity contribution in [3.05, 3.63) is 18.7 Å². The van der Waals surface area contributed by atoms with Gasteiger partial charge in [-0.25, -0.2) is 4.57 Å². The van der Waals surface area contributed by atoms with Crippen LogP contribution >= 0.6 is 34.8 Å². The molecule has 0 atom stereocenters. The minimum Gasteiger partial charge on any atom is -0.545 e. The third kappa shape index (κ3) is 6.69. The van der Waals surface area contributed by atoms with Gasteiger partial charge < -0.3 is 9.90 Å². The average Bonchev–Trinajstić information content (AvgIpc) is 2.38. The lowest BCUT2D eigenvalue weighted by Crippen LogP contribution is -2.35. The second-order valence-corrected chi connectivity index (χ2v) is 4.34. The molecule has 1 heterocycles. The van der Waals surface area contributed by atoms with E-state index < -0.39 is 9.76 Å². The zero-order valence-corrected chi connectivity index (χ0v) is 8.90. The molecule has 0 fully saturated rings. The number of halogens is 3. The first-order chi connectivity index (χ1) is 5.84. The first kappa shape index (κ1) is 12.6. The maximum absolute atomic E-state index is 9.51. The van der Waals surface area contributed by atoms with Crippen molar-refractivity contribution in [2.24, 2.45) is 7.05 Å². The normalized spacial score (nSPS) is 10.2. The van der Waals surface area contributed by atoms with Gasteiger partial charge in [0, 0.05) is 0 Å². The number of carboxylic acids is 1. The van der Waals surface area contributed by atoms with Gasteiger partial charge in [0.25, 0.3) is 0 Å². The number of alkyl halides is 3. The fourth-order valence-electron chi connectivity index (χ4n) is 0.364. The van der Waals surface area contributed by atoms with Gasteiger partial charge >= 0.3 is 0 Å². The largest absolute Gasteiger partial charge is 0.545 e. The zero-order chi connectivity index (χ0) is 10.5. The Bertz CT molecular complexity index is 255. The number of hydrogen-bond acceptors (Lipinski definition) is 2. The molecule has 4 nitrogen and oxygen atoms in total. The maximum Gasteiger partial charge on any atom is 0.241 e. The van der Waals surface area contributed by atoms with Gasteiger partial charge in [-0.2, -0.15) is 0 Å². The van der Waals surface area contributed by atoms with E-state index in [4.69, 9.17) is 34.8 Å². The van der Waals surface area contributed by atoms with Crippen LogP contribution in [-0.4, -0.2) is 14.7 Å². The molecule has 0 unspecified atom stereocenters. The molecule has 0 aliphatic heterocycles. The Labute approximate surface area is 90.0 Å². The molecule has 0 bridgehead atoms. The molecule has 0 amide bonds. The summed E-state index contributed by atoms with van der Waals surface area (Å²) < 4.78 is -0.333. The molecule has 1 N–H and O–H groups in total. The molecule has 0 aliphatic rings. The molecular formula is C6H7Cl3N2O2. The summed E-state index contributed by atoms with van der Waals surface area (Å²) >= 11 is 14.2. The van der Waals surface area contributed by atoms with Crippen LogP contribution in [-0.2, 0) is 11.8 Å². The van der Waals surface area contributed by atoms with Crippen molar-refractivity contribution in [1.29, 1.82) is 0 Å². The van der Waals surface area contributed by atoms with Gasteiger partial charge in [-0.3, -0.25) is 4.98 Å². The number of rotatable bonds is 0. The number of imidazole rings is 1. The number of hydrogen-bond donors (Lipinski definition) is 1. The topological polar surface area (TPSA) is 59.8 Å². The third-order valence-corrected chi connectivity index (χ3v) is 1.38. The number of nitrogens with zero attached hydrogens (tertiary/aromatic N) is 1. The fourth-order valence-corrected chi connectivity index (χ4v) is 0.364. The standard InChI is InChI=1S/C4H6N2.C2HCl3O2/c1-6-3-2-5-4-6;3-2(4,5)1(6)7/h2-4H,1H3;(H,6,7). The molecule has 0 radical (unpaired) electrons. The Hall–Kier alpha value is -0.450. The van der Waals surface area contributed by atoms with E-state index in [0.717, 1.165) is 0 Å². The van der Waals surface area contributed by atoms with E-state index in [9.17, 15) is 9.90 Å². The molecule has 74 valence electrons. The summed E-state index contributed by atoms with van der Waals surface area (Å²) in [5.41, 5.74) is 0. The Balaban J connectivity index is 0.000000223. The zero-order valence-electron chi connectivity index (χ0n) is 6.63. The second-order valence-electron chi connectivity index (χ2n) is 2.06. The Morgan fingerprint density at radius 1 is 1.54 bits per heavy atom. The minimum atomic E-state index is -2.28. The van der Waals surface area contributed by atoms with E-state index in [-0.39, 0.29) is 0 Å². The van der Waals surface area contributed by atoms with Crippen LogP contribution in [0.1, 0.15) is 0 Å². The molecule has 7 heteroatoms. The van der Waals surface area contributed by atoms with Gasteiger partial charge in [-0.1, -0.05) is 34.8 Å². The van der Waals surface area contributed by atoms with Crippen LogP contribution in [0.15, 0.2) is 18.7 Å². The van der Waals surface area contributed by atoms with Crippen molar-refractivity contribution in [3.63, 3.8) is 0 Å².